The molecule has 3 N–H and O–H groups in total. The van der Waals surface area contributed by atoms with E-state index in [0.29, 0.717) is 11.6 Å². The van der Waals surface area contributed by atoms with Crippen LogP contribution >= 0.6 is 0 Å². The lowest BCUT2D eigenvalue weighted by molar-refractivity contribution is 0.1000. The van der Waals surface area contributed by atoms with Gasteiger partial charge < -0.3 is 11.1 Å². The molecule has 94 valence electrons. The predicted molar refractivity (Wildman–Crippen MR) is 70.8 cm³/mol. The van der Waals surface area contributed by atoms with Gasteiger partial charge in [-0.2, -0.15) is 0 Å². The number of rotatable bonds is 7. The van der Waals surface area contributed by atoms with Gasteiger partial charge in [0.25, 0.3) is 0 Å². The number of nitrogens with two attached hydrogens (primary N) is 1. The number of hydrogen-bond acceptors (Lipinski definition) is 2. The van der Waals surface area contributed by atoms with Crippen molar-refractivity contribution in [3.05, 3.63) is 35.4 Å². The minimum atomic E-state index is -0.370. The molecule has 3 heteroatoms. The highest BCUT2D eigenvalue weighted by molar-refractivity contribution is 5.92. The summed E-state index contributed by atoms with van der Waals surface area (Å²) in [4.78, 5) is 11.0. The number of amides is 1. The highest BCUT2D eigenvalue weighted by Gasteiger charge is 2.03. The summed E-state index contributed by atoms with van der Waals surface area (Å²) < 4.78 is 0. The Kier molecular flexibility index (Phi) is 5.70. The van der Waals surface area contributed by atoms with Crippen molar-refractivity contribution in [1.82, 2.24) is 5.32 Å². The molecule has 0 saturated heterocycles. The average molecular weight is 234 g/mol. The Bertz CT molecular complexity index is 363. The maximum absolute atomic E-state index is 11.0. The Balaban J connectivity index is 2.46. The van der Waals surface area contributed by atoms with Crippen LogP contribution in [-0.4, -0.2) is 11.9 Å². The first-order valence-corrected chi connectivity index (χ1v) is 6.25. The summed E-state index contributed by atoms with van der Waals surface area (Å²) in [5.41, 5.74) is 6.92. The van der Waals surface area contributed by atoms with Gasteiger partial charge in [-0.15, -0.1) is 0 Å². The standard InChI is InChI=1S/C14H22N2O/c1-3-4-6-11(2)16-10-12-7-5-8-13(9-12)14(15)17/h5,7-9,11,16H,3-4,6,10H2,1-2H3,(H2,15,17). The third-order valence-corrected chi connectivity index (χ3v) is 2.86. The molecule has 0 bridgehead atoms. The lowest BCUT2D eigenvalue weighted by Gasteiger charge is -2.13. The number of carbonyl (C=O) groups excluding carboxylic acids is 1. The second kappa shape index (κ2) is 7.07. The fourth-order valence-electron chi connectivity index (χ4n) is 1.74. The molecule has 0 fully saturated rings. The molecule has 1 rings (SSSR count). The molecule has 1 unspecified atom stereocenters. The summed E-state index contributed by atoms with van der Waals surface area (Å²) >= 11 is 0. The van der Waals surface area contributed by atoms with Gasteiger partial charge in [-0.1, -0.05) is 31.9 Å². The second-order valence-electron chi connectivity index (χ2n) is 4.49. The Labute approximate surface area is 103 Å². The van der Waals surface area contributed by atoms with Crippen LogP contribution < -0.4 is 11.1 Å². The van der Waals surface area contributed by atoms with Gasteiger partial charge in [0.2, 0.25) is 5.91 Å². The van der Waals surface area contributed by atoms with Crippen LogP contribution in [0.3, 0.4) is 0 Å². The minimum absolute atomic E-state index is 0.370. The Morgan fingerprint density at radius 3 is 2.88 bits per heavy atom. The minimum Gasteiger partial charge on any atom is -0.366 e. The van der Waals surface area contributed by atoms with Crippen LogP contribution in [0.25, 0.3) is 0 Å². The van der Waals surface area contributed by atoms with E-state index >= 15 is 0 Å². The van der Waals surface area contributed by atoms with E-state index in [1.807, 2.05) is 18.2 Å². The molecular formula is C14H22N2O. The Hall–Kier alpha value is -1.35. The highest BCUT2D eigenvalue weighted by atomic mass is 16.1. The fourth-order valence-corrected chi connectivity index (χ4v) is 1.74. The molecule has 0 aromatic heterocycles. The van der Waals surface area contributed by atoms with Crippen molar-refractivity contribution >= 4 is 5.91 Å². The number of nitrogens with one attached hydrogen (secondary N) is 1. The van der Waals surface area contributed by atoms with Gasteiger partial charge in [-0.3, -0.25) is 4.79 Å². The van der Waals surface area contributed by atoms with Crippen LogP contribution in [0.2, 0.25) is 0 Å². The molecule has 1 atom stereocenters. The summed E-state index contributed by atoms with van der Waals surface area (Å²) in [5, 5.41) is 3.45. The third kappa shape index (κ3) is 5.00. The number of hydrogen-bond donors (Lipinski definition) is 2. The average Bonchev–Trinajstić information content (AvgIpc) is 2.34. The molecule has 3 nitrogen and oxygen atoms in total. The molecule has 1 aromatic rings. The molecule has 0 aliphatic heterocycles. The number of carbonyl (C=O) groups is 1. The van der Waals surface area contributed by atoms with E-state index in [-0.39, 0.29) is 5.91 Å². The van der Waals surface area contributed by atoms with Crippen LogP contribution in [0.15, 0.2) is 24.3 Å². The smallest absolute Gasteiger partial charge is 0.248 e. The van der Waals surface area contributed by atoms with Gasteiger partial charge >= 0.3 is 0 Å². The first kappa shape index (κ1) is 13.7. The van der Waals surface area contributed by atoms with Crippen molar-refractivity contribution in [2.75, 3.05) is 0 Å². The van der Waals surface area contributed by atoms with Crippen molar-refractivity contribution in [2.45, 2.75) is 45.7 Å². The largest absolute Gasteiger partial charge is 0.366 e. The zero-order chi connectivity index (χ0) is 12.7. The Morgan fingerprint density at radius 1 is 1.47 bits per heavy atom. The van der Waals surface area contributed by atoms with Gasteiger partial charge in [0.05, 0.1) is 0 Å². The number of benzene rings is 1. The zero-order valence-corrected chi connectivity index (χ0v) is 10.7. The van der Waals surface area contributed by atoms with Gasteiger partial charge in [-0.25, -0.2) is 0 Å². The summed E-state index contributed by atoms with van der Waals surface area (Å²) in [5.74, 6) is -0.370. The van der Waals surface area contributed by atoms with Gasteiger partial charge in [0, 0.05) is 18.2 Å². The van der Waals surface area contributed by atoms with Crippen LogP contribution in [-0.2, 0) is 6.54 Å². The monoisotopic (exact) mass is 234 g/mol. The predicted octanol–water partition coefficient (Wildman–Crippen LogP) is 2.45. The molecule has 0 aliphatic carbocycles. The normalized spacial score (nSPS) is 12.4. The Morgan fingerprint density at radius 2 is 2.24 bits per heavy atom. The lowest BCUT2D eigenvalue weighted by atomic mass is 10.1. The van der Waals surface area contributed by atoms with Gasteiger partial charge in [0.15, 0.2) is 0 Å². The van der Waals surface area contributed by atoms with Crippen molar-refractivity contribution in [3.63, 3.8) is 0 Å². The molecule has 0 aliphatic rings. The molecule has 0 saturated carbocycles. The molecule has 0 spiro atoms. The zero-order valence-electron chi connectivity index (χ0n) is 10.7. The number of primary amides is 1. The van der Waals surface area contributed by atoms with Crippen LogP contribution in [0, 0.1) is 0 Å². The molecule has 0 radical (unpaired) electrons. The van der Waals surface area contributed by atoms with Crippen LogP contribution in [0.1, 0.15) is 49.0 Å². The third-order valence-electron chi connectivity index (χ3n) is 2.86. The quantitative estimate of drug-likeness (QED) is 0.761. The van der Waals surface area contributed by atoms with E-state index in [0.717, 1.165) is 12.1 Å². The molecule has 17 heavy (non-hydrogen) atoms. The first-order chi connectivity index (χ1) is 8.13. The fraction of sp³-hybridized carbons (Fsp3) is 0.500. The van der Waals surface area contributed by atoms with Crippen molar-refractivity contribution < 1.29 is 4.79 Å². The van der Waals surface area contributed by atoms with Crippen LogP contribution in [0.4, 0.5) is 0 Å². The topological polar surface area (TPSA) is 55.1 Å². The van der Waals surface area contributed by atoms with Crippen LogP contribution in [0.5, 0.6) is 0 Å². The molecule has 1 aromatic carbocycles. The van der Waals surface area contributed by atoms with E-state index in [9.17, 15) is 4.79 Å². The summed E-state index contributed by atoms with van der Waals surface area (Å²) in [6.45, 7) is 5.17. The van der Waals surface area contributed by atoms with E-state index in [4.69, 9.17) is 5.73 Å². The molecular weight excluding hydrogens is 212 g/mol. The lowest BCUT2D eigenvalue weighted by Crippen LogP contribution is -2.25. The highest BCUT2D eigenvalue weighted by Crippen LogP contribution is 2.06. The van der Waals surface area contributed by atoms with Gasteiger partial charge in [0.1, 0.15) is 0 Å². The van der Waals surface area contributed by atoms with Gasteiger partial charge in [-0.05, 0) is 31.0 Å². The summed E-state index contributed by atoms with van der Waals surface area (Å²) in [7, 11) is 0. The SMILES string of the molecule is CCCCC(C)NCc1cccc(C(N)=O)c1. The maximum atomic E-state index is 11.0. The summed E-state index contributed by atoms with van der Waals surface area (Å²) in [6, 6.07) is 7.97. The maximum Gasteiger partial charge on any atom is 0.248 e. The van der Waals surface area contributed by atoms with Crippen molar-refractivity contribution in [3.8, 4) is 0 Å². The van der Waals surface area contributed by atoms with Crippen molar-refractivity contribution in [2.24, 2.45) is 5.73 Å². The second-order valence-corrected chi connectivity index (χ2v) is 4.49. The molecule has 1 amide bonds. The molecule has 0 heterocycles. The first-order valence-electron chi connectivity index (χ1n) is 6.25. The van der Waals surface area contributed by atoms with E-state index in [1.54, 1.807) is 6.07 Å². The van der Waals surface area contributed by atoms with E-state index < -0.39 is 0 Å². The van der Waals surface area contributed by atoms with E-state index in [1.165, 1.54) is 19.3 Å². The number of unbranched alkanes of at least 4 members (excludes halogenated alkanes) is 1. The van der Waals surface area contributed by atoms with E-state index in [2.05, 4.69) is 19.2 Å². The summed E-state index contributed by atoms with van der Waals surface area (Å²) in [6.07, 6.45) is 3.66. The van der Waals surface area contributed by atoms with Crippen molar-refractivity contribution in [1.29, 1.82) is 0 Å².